The molecule has 0 bridgehead atoms. The summed E-state index contributed by atoms with van der Waals surface area (Å²) in [6.45, 7) is 0.474. The maximum absolute atomic E-state index is 14.1. The van der Waals surface area contributed by atoms with E-state index in [-0.39, 0.29) is 16.6 Å². The van der Waals surface area contributed by atoms with E-state index in [2.05, 4.69) is 15.9 Å². The van der Waals surface area contributed by atoms with Crippen LogP contribution in [0, 0.1) is 11.6 Å². The summed E-state index contributed by atoms with van der Waals surface area (Å²) in [4.78, 5) is 11.7. The molecule has 1 heterocycles. The molecule has 0 aliphatic carbocycles. The van der Waals surface area contributed by atoms with E-state index in [0.29, 0.717) is 19.4 Å². The van der Waals surface area contributed by atoms with Gasteiger partial charge in [0.25, 0.3) is 0 Å². The molecule has 2 rings (SSSR count). The first-order valence-electron chi connectivity index (χ1n) is 5.50. The van der Waals surface area contributed by atoms with Gasteiger partial charge in [0.2, 0.25) is 5.91 Å². The standard InChI is InChI=1S/C12H12BrF2NO2/c13-9-5-7(14)4-8(10(9)15)12(11(16)17)2-1-3-18-6-12/h4-5H,1-3,6H2,(H2,16,17). The SMILES string of the molecule is NC(=O)C1(c2cc(F)cc(Br)c2F)CCCOC1. The fraction of sp³-hybridized carbons (Fsp3) is 0.417. The molecule has 0 aromatic heterocycles. The number of amides is 1. The third-order valence-corrected chi connectivity index (χ3v) is 3.80. The molecule has 6 heteroatoms. The van der Waals surface area contributed by atoms with Crippen LogP contribution in [0.2, 0.25) is 0 Å². The van der Waals surface area contributed by atoms with E-state index in [9.17, 15) is 13.6 Å². The lowest BCUT2D eigenvalue weighted by Gasteiger charge is -2.34. The molecule has 1 aliphatic heterocycles. The number of carbonyl (C=O) groups excluding carboxylic acids is 1. The maximum atomic E-state index is 14.1. The lowest BCUT2D eigenvalue weighted by atomic mass is 9.75. The molecule has 0 saturated carbocycles. The first-order chi connectivity index (χ1) is 8.47. The van der Waals surface area contributed by atoms with E-state index >= 15 is 0 Å². The lowest BCUT2D eigenvalue weighted by Crippen LogP contribution is -2.48. The van der Waals surface area contributed by atoms with Gasteiger partial charge in [0.1, 0.15) is 17.0 Å². The molecule has 2 N–H and O–H groups in total. The third kappa shape index (κ3) is 2.14. The van der Waals surface area contributed by atoms with Crippen LogP contribution in [0.25, 0.3) is 0 Å². The highest BCUT2D eigenvalue weighted by Crippen LogP contribution is 2.37. The van der Waals surface area contributed by atoms with E-state index in [4.69, 9.17) is 10.5 Å². The normalized spacial score (nSPS) is 23.9. The molecule has 18 heavy (non-hydrogen) atoms. The number of ether oxygens (including phenoxy) is 1. The third-order valence-electron chi connectivity index (χ3n) is 3.22. The summed E-state index contributed by atoms with van der Waals surface area (Å²) in [7, 11) is 0. The number of halogens is 3. The summed E-state index contributed by atoms with van der Waals surface area (Å²) >= 11 is 2.93. The van der Waals surface area contributed by atoms with Crippen LogP contribution in [0.5, 0.6) is 0 Å². The zero-order valence-corrected chi connectivity index (χ0v) is 11.1. The number of rotatable bonds is 2. The van der Waals surface area contributed by atoms with Gasteiger partial charge in [-0.3, -0.25) is 4.79 Å². The van der Waals surface area contributed by atoms with Gasteiger partial charge in [-0.15, -0.1) is 0 Å². The Bertz CT molecular complexity index is 487. The van der Waals surface area contributed by atoms with Crippen molar-refractivity contribution in [3.8, 4) is 0 Å². The average Bonchev–Trinajstić information content (AvgIpc) is 2.34. The van der Waals surface area contributed by atoms with Crippen molar-refractivity contribution in [3.63, 3.8) is 0 Å². The average molecular weight is 320 g/mol. The van der Waals surface area contributed by atoms with E-state index in [1.807, 2.05) is 0 Å². The number of primary amides is 1. The van der Waals surface area contributed by atoms with E-state index in [0.717, 1.165) is 12.1 Å². The highest BCUT2D eigenvalue weighted by atomic mass is 79.9. The van der Waals surface area contributed by atoms with Crippen molar-refractivity contribution in [2.75, 3.05) is 13.2 Å². The Morgan fingerprint density at radius 2 is 2.17 bits per heavy atom. The number of nitrogens with two attached hydrogens (primary N) is 1. The molecular formula is C12H12BrF2NO2. The molecular weight excluding hydrogens is 308 g/mol. The Morgan fingerprint density at radius 3 is 2.72 bits per heavy atom. The minimum atomic E-state index is -1.28. The maximum Gasteiger partial charge on any atom is 0.230 e. The number of hydrogen-bond acceptors (Lipinski definition) is 2. The van der Waals surface area contributed by atoms with Gasteiger partial charge in [-0.25, -0.2) is 8.78 Å². The lowest BCUT2D eigenvalue weighted by molar-refractivity contribution is -0.128. The zero-order chi connectivity index (χ0) is 13.3. The van der Waals surface area contributed by atoms with Crippen molar-refractivity contribution in [2.45, 2.75) is 18.3 Å². The van der Waals surface area contributed by atoms with Crippen LogP contribution in [0.3, 0.4) is 0 Å². The predicted molar refractivity (Wildman–Crippen MR) is 65.0 cm³/mol. The van der Waals surface area contributed by atoms with Crippen molar-refractivity contribution in [2.24, 2.45) is 5.73 Å². The van der Waals surface area contributed by atoms with Gasteiger partial charge in [-0.05, 0) is 40.9 Å². The van der Waals surface area contributed by atoms with Crippen molar-refractivity contribution < 1.29 is 18.3 Å². The van der Waals surface area contributed by atoms with Gasteiger partial charge in [-0.1, -0.05) is 0 Å². The Balaban J connectivity index is 2.59. The van der Waals surface area contributed by atoms with Crippen LogP contribution < -0.4 is 5.73 Å². The summed E-state index contributed by atoms with van der Waals surface area (Å²) in [6.07, 6.45) is 0.936. The van der Waals surface area contributed by atoms with Crippen molar-refractivity contribution >= 4 is 21.8 Å². The van der Waals surface area contributed by atoms with Gasteiger partial charge in [0.05, 0.1) is 11.1 Å². The summed E-state index contributed by atoms with van der Waals surface area (Å²) in [5.41, 5.74) is 4.05. The van der Waals surface area contributed by atoms with Crippen LogP contribution >= 0.6 is 15.9 Å². The van der Waals surface area contributed by atoms with Crippen molar-refractivity contribution in [1.82, 2.24) is 0 Å². The Labute approximate surface area is 111 Å². The summed E-state index contributed by atoms with van der Waals surface area (Å²) in [5.74, 6) is -1.98. The number of benzene rings is 1. The summed E-state index contributed by atoms with van der Waals surface area (Å²) in [6, 6.07) is 2.02. The van der Waals surface area contributed by atoms with E-state index in [1.54, 1.807) is 0 Å². The largest absolute Gasteiger partial charge is 0.380 e. The van der Waals surface area contributed by atoms with Crippen molar-refractivity contribution in [3.05, 3.63) is 33.8 Å². The minimum absolute atomic E-state index is 0.0187. The highest BCUT2D eigenvalue weighted by molar-refractivity contribution is 9.10. The zero-order valence-electron chi connectivity index (χ0n) is 9.51. The van der Waals surface area contributed by atoms with Crippen LogP contribution in [0.4, 0.5) is 8.78 Å². The molecule has 0 spiro atoms. The van der Waals surface area contributed by atoms with E-state index < -0.39 is 23.0 Å². The number of hydrogen-bond donors (Lipinski definition) is 1. The van der Waals surface area contributed by atoms with Crippen LogP contribution in [0.15, 0.2) is 16.6 Å². The van der Waals surface area contributed by atoms with Crippen molar-refractivity contribution in [1.29, 1.82) is 0 Å². The second-order valence-corrected chi connectivity index (χ2v) is 5.21. The molecule has 1 amide bonds. The monoisotopic (exact) mass is 319 g/mol. The summed E-state index contributed by atoms with van der Waals surface area (Å²) < 4.78 is 32.7. The second kappa shape index (κ2) is 4.93. The summed E-state index contributed by atoms with van der Waals surface area (Å²) in [5, 5.41) is 0. The van der Waals surface area contributed by atoms with E-state index in [1.165, 1.54) is 0 Å². The van der Waals surface area contributed by atoms with Gasteiger partial charge in [0.15, 0.2) is 0 Å². The molecule has 98 valence electrons. The fourth-order valence-electron chi connectivity index (χ4n) is 2.24. The molecule has 1 aromatic carbocycles. The smallest absolute Gasteiger partial charge is 0.230 e. The van der Waals surface area contributed by atoms with Gasteiger partial charge in [0, 0.05) is 12.2 Å². The molecule has 1 unspecified atom stereocenters. The Morgan fingerprint density at radius 1 is 1.44 bits per heavy atom. The van der Waals surface area contributed by atoms with Crippen LogP contribution in [-0.2, 0) is 14.9 Å². The molecule has 1 aliphatic rings. The van der Waals surface area contributed by atoms with Crippen LogP contribution in [-0.4, -0.2) is 19.1 Å². The predicted octanol–water partition coefficient (Wildman–Crippen LogP) is 2.26. The Kier molecular flexibility index (Phi) is 3.68. The molecule has 1 saturated heterocycles. The highest BCUT2D eigenvalue weighted by Gasteiger charge is 2.43. The molecule has 1 atom stereocenters. The first-order valence-corrected chi connectivity index (χ1v) is 6.29. The molecule has 1 aromatic rings. The van der Waals surface area contributed by atoms with Gasteiger partial charge in [-0.2, -0.15) is 0 Å². The fourth-order valence-corrected chi connectivity index (χ4v) is 2.67. The molecule has 0 radical (unpaired) electrons. The second-order valence-electron chi connectivity index (χ2n) is 4.35. The van der Waals surface area contributed by atoms with Gasteiger partial charge < -0.3 is 10.5 Å². The minimum Gasteiger partial charge on any atom is -0.380 e. The molecule has 1 fully saturated rings. The van der Waals surface area contributed by atoms with Crippen LogP contribution in [0.1, 0.15) is 18.4 Å². The quantitative estimate of drug-likeness (QED) is 0.850. The topological polar surface area (TPSA) is 52.3 Å². The first kappa shape index (κ1) is 13.4. The Hall–Kier alpha value is -1.01. The van der Waals surface area contributed by atoms with Gasteiger partial charge >= 0.3 is 0 Å². The number of carbonyl (C=O) groups is 1. The molecule has 3 nitrogen and oxygen atoms in total.